The molecule has 8 heteroatoms. The Labute approximate surface area is 169 Å². The summed E-state index contributed by atoms with van der Waals surface area (Å²) < 4.78 is 0. The van der Waals surface area contributed by atoms with Crippen LogP contribution in [0.3, 0.4) is 0 Å². The second kappa shape index (κ2) is 9.09. The Morgan fingerprint density at radius 2 is 1.79 bits per heavy atom. The molecule has 29 heavy (non-hydrogen) atoms. The smallest absolute Gasteiger partial charge is 0.244 e. The van der Waals surface area contributed by atoms with E-state index in [0.717, 1.165) is 28.8 Å². The number of rotatable bonds is 7. The summed E-state index contributed by atoms with van der Waals surface area (Å²) in [5.74, 6) is -0.213. The molecule has 0 spiro atoms. The molecule has 0 aliphatic rings. The van der Waals surface area contributed by atoms with Crippen molar-refractivity contribution in [3.63, 3.8) is 0 Å². The van der Waals surface area contributed by atoms with Crippen molar-refractivity contribution < 1.29 is 9.59 Å². The summed E-state index contributed by atoms with van der Waals surface area (Å²) in [7, 11) is 0. The van der Waals surface area contributed by atoms with Crippen molar-refractivity contribution in [1.82, 2.24) is 25.5 Å². The molecule has 2 N–H and O–H groups in total. The maximum absolute atomic E-state index is 12.1. The molecule has 1 heterocycles. The molecule has 150 valence electrons. The van der Waals surface area contributed by atoms with Crippen LogP contribution in [0.5, 0.6) is 0 Å². The SMILES string of the molecule is CCc1ccc(-c2nnn(CC(=O)NCC(=O)Nc3cccc(C)c3C)n2)cc1. The largest absolute Gasteiger partial charge is 0.345 e. The van der Waals surface area contributed by atoms with E-state index >= 15 is 0 Å². The van der Waals surface area contributed by atoms with Gasteiger partial charge in [0, 0.05) is 11.3 Å². The van der Waals surface area contributed by atoms with Gasteiger partial charge in [-0.1, -0.05) is 43.3 Å². The Kier molecular flexibility index (Phi) is 6.33. The number of benzene rings is 2. The summed E-state index contributed by atoms with van der Waals surface area (Å²) in [6.07, 6.45) is 0.956. The van der Waals surface area contributed by atoms with E-state index in [1.807, 2.05) is 56.3 Å². The maximum atomic E-state index is 12.1. The summed E-state index contributed by atoms with van der Waals surface area (Å²) in [4.78, 5) is 25.4. The van der Waals surface area contributed by atoms with Gasteiger partial charge in [-0.05, 0) is 48.2 Å². The molecular formula is C21H24N6O2. The Bertz CT molecular complexity index is 1010. The lowest BCUT2D eigenvalue weighted by Crippen LogP contribution is -2.35. The minimum Gasteiger partial charge on any atom is -0.345 e. The van der Waals surface area contributed by atoms with E-state index in [2.05, 4.69) is 33.0 Å². The van der Waals surface area contributed by atoms with Crippen molar-refractivity contribution >= 4 is 17.5 Å². The highest BCUT2D eigenvalue weighted by molar-refractivity contribution is 5.95. The second-order valence-electron chi connectivity index (χ2n) is 6.77. The van der Waals surface area contributed by atoms with Crippen molar-refractivity contribution in [2.45, 2.75) is 33.7 Å². The van der Waals surface area contributed by atoms with Gasteiger partial charge in [-0.3, -0.25) is 9.59 Å². The average molecular weight is 392 g/mol. The first-order chi connectivity index (χ1) is 14.0. The van der Waals surface area contributed by atoms with Crippen LogP contribution in [-0.2, 0) is 22.6 Å². The number of tetrazole rings is 1. The Hall–Kier alpha value is -3.55. The number of hydrogen-bond acceptors (Lipinski definition) is 5. The van der Waals surface area contributed by atoms with Crippen LogP contribution in [-0.4, -0.2) is 38.6 Å². The van der Waals surface area contributed by atoms with Crippen molar-refractivity contribution in [1.29, 1.82) is 0 Å². The van der Waals surface area contributed by atoms with E-state index < -0.39 is 0 Å². The fraction of sp³-hybridized carbons (Fsp3) is 0.286. The number of amides is 2. The summed E-state index contributed by atoms with van der Waals surface area (Å²) in [5.41, 5.74) is 4.88. The molecule has 0 bridgehead atoms. The van der Waals surface area contributed by atoms with Crippen LogP contribution in [0.4, 0.5) is 5.69 Å². The average Bonchev–Trinajstić information content (AvgIpc) is 3.18. The van der Waals surface area contributed by atoms with Gasteiger partial charge in [0.2, 0.25) is 17.6 Å². The fourth-order valence-corrected chi connectivity index (χ4v) is 2.76. The first-order valence-electron chi connectivity index (χ1n) is 9.46. The summed E-state index contributed by atoms with van der Waals surface area (Å²) >= 11 is 0. The van der Waals surface area contributed by atoms with Gasteiger partial charge < -0.3 is 10.6 Å². The number of nitrogens with one attached hydrogen (secondary N) is 2. The highest BCUT2D eigenvalue weighted by Crippen LogP contribution is 2.17. The lowest BCUT2D eigenvalue weighted by Gasteiger charge is -2.10. The maximum Gasteiger partial charge on any atom is 0.244 e. The first-order valence-corrected chi connectivity index (χ1v) is 9.46. The first kappa shape index (κ1) is 20.2. The van der Waals surface area contributed by atoms with Crippen LogP contribution in [0.15, 0.2) is 42.5 Å². The lowest BCUT2D eigenvalue weighted by atomic mass is 10.1. The number of carbonyl (C=O) groups is 2. The molecule has 3 aromatic rings. The van der Waals surface area contributed by atoms with Gasteiger partial charge in [0.15, 0.2) is 0 Å². The third-order valence-corrected chi connectivity index (χ3v) is 4.68. The van der Waals surface area contributed by atoms with Crippen LogP contribution in [0.25, 0.3) is 11.4 Å². The number of anilines is 1. The van der Waals surface area contributed by atoms with Crippen molar-refractivity contribution in [3.05, 3.63) is 59.2 Å². The number of carbonyl (C=O) groups excluding carboxylic acids is 2. The lowest BCUT2D eigenvalue weighted by molar-refractivity contribution is -0.124. The molecule has 0 unspecified atom stereocenters. The zero-order valence-electron chi connectivity index (χ0n) is 16.8. The van der Waals surface area contributed by atoms with Crippen LogP contribution in [0.2, 0.25) is 0 Å². The van der Waals surface area contributed by atoms with E-state index in [9.17, 15) is 9.59 Å². The van der Waals surface area contributed by atoms with E-state index in [0.29, 0.717) is 5.82 Å². The van der Waals surface area contributed by atoms with E-state index in [1.54, 1.807) is 0 Å². The molecule has 0 saturated carbocycles. The molecule has 2 aromatic carbocycles. The van der Waals surface area contributed by atoms with Crippen molar-refractivity contribution in [2.24, 2.45) is 0 Å². The van der Waals surface area contributed by atoms with Crippen LogP contribution >= 0.6 is 0 Å². The quantitative estimate of drug-likeness (QED) is 0.642. The topological polar surface area (TPSA) is 102 Å². The monoisotopic (exact) mass is 392 g/mol. The highest BCUT2D eigenvalue weighted by atomic mass is 16.2. The van der Waals surface area contributed by atoms with E-state index in [-0.39, 0.29) is 24.9 Å². The Morgan fingerprint density at radius 3 is 2.52 bits per heavy atom. The van der Waals surface area contributed by atoms with Gasteiger partial charge in [-0.25, -0.2) is 0 Å². The molecule has 0 aliphatic carbocycles. The summed E-state index contributed by atoms with van der Waals surface area (Å²) in [6, 6.07) is 13.6. The highest BCUT2D eigenvalue weighted by Gasteiger charge is 2.11. The molecule has 0 aliphatic heterocycles. The number of aryl methyl sites for hydroxylation is 2. The molecule has 8 nitrogen and oxygen atoms in total. The van der Waals surface area contributed by atoms with Gasteiger partial charge in [-0.15, -0.1) is 10.2 Å². The minimum atomic E-state index is -0.369. The fourth-order valence-electron chi connectivity index (χ4n) is 2.76. The third kappa shape index (κ3) is 5.25. The molecule has 2 amide bonds. The summed E-state index contributed by atoms with van der Waals surface area (Å²) in [5, 5.41) is 17.5. The van der Waals surface area contributed by atoms with Crippen molar-refractivity contribution in [2.75, 3.05) is 11.9 Å². The zero-order chi connectivity index (χ0) is 20.8. The van der Waals surface area contributed by atoms with Gasteiger partial charge in [0.05, 0.1) is 6.54 Å². The number of hydrogen-bond donors (Lipinski definition) is 2. The third-order valence-electron chi connectivity index (χ3n) is 4.68. The van der Waals surface area contributed by atoms with E-state index in [1.165, 1.54) is 10.4 Å². The molecule has 0 radical (unpaired) electrons. The van der Waals surface area contributed by atoms with Gasteiger partial charge in [-0.2, -0.15) is 4.80 Å². The Morgan fingerprint density at radius 1 is 1.03 bits per heavy atom. The molecule has 0 saturated heterocycles. The van der Waals surface area contributed by atoms with Gasteiger partial charge in [0.25, 0.3) is 0 Å². The van der Waals surface area contributed by atoms with Crippen LogP contribution in [0.1, 0.15) is 23.6 Å². The normalized spacial score (nSPS) is 10.6. The standard InChI is InChI=1S/C21H24N6O2/c1-4-16-8-10-17(11-9-16)21-24-26-27(25-21)13-20(29)22-12-19(28)23-18-7-5-6-14(2)15(18)3/h5-11H,4,12-13H2,1-3H3,(H,22,29)(H,23,28). The van der Waals surface area contributed by atoms with Crippen molar-refractivity contribution in [3.8, 4) is 11.4 Å². The van der Waals surface area contributed by atoms with Gasteiger partial charge >= 0.3 is 0 Å². The predicted molar refractivity (Wildman–Crippen MR) is 110 cm³/mol. The molecule has 0 fully saturated rings. The number of aromatic nitrogens is 4. The predicted octanol–water partition coefficient (Wildman–Crippen LogP) is 2.27. The molecular weight excluding hydrogens is 368 g/mol. The van der Waals surface area contributed by atoms with Gasteiger partial charge in [0.1, 0.15) is 6.54 Å². The Balaban J connectivity index is 1.51. The zero-order valence-corrected chi connectivity index (χ0v) is 16.8. The molecule has 3 rings (SSSR count). The molecule has 0 atom stereocenters. The van der Waals surface area contributed by atoms with Crippen LogP contribution in [0, 0.1) is 13.8 Å². The second-order valence-corrected chi connectivity index (χ2v) is 6.77. The summed E-state index contributed by atoms with van der Waals surface area (Å²) in [6.45, 7) is 5.76. The minimum absolute atomic E-state index is 0.114. The van der Waals surface area contributed by atoms with E-state index in [4.69, 9.17) is 0 Å². The van der Waals surface area contributed by atoms with Crippen LogP contribution < -0.4 is 10.6 Å². The molecule has 1 aromatic heterocycles. The number of nitrogens with zero attached hydrogens (tertiary/aromatic N) is 4.